The average molecular weight is 395 g/mol. The number of methoxy groups -OCH3 is 1. The van der Waals surface area contributed by atoms with Crippen molar-refractivity contribution in [3.63, 3.8) is 0 Å². The molecule has 5 nitrogen and oxygen atoms in total. The number of aromatic amines is 1. The number of ether oxygens (including phenoxy) is 2. The minimum atomic E-state index is -0.329. The maximum Gasteiger partial charge on any atom is 0.305 e. The third-order valence-electron chi connectivity index (χ3n) is 5.19. The smallest absolute Gasteiger partial charge is 0.305 e. The van der Waals surface area contributed by atoms with Crippen molar-refractivity contribution in [2.75, 3.05) is 13.7 Å². The largest absolute Gasteiger partial charge is 0.462 e. The van der Waals surface area contributed by atoms with Gasteiger partial charge in [0.25, 0.3) is 0 Å². The Morgan fingerprint density at radius 2 is 1.50 bits per heavy atom. The van der Waals surface area contributed by atoms with Crippen molar-refractivity contribution in [3.05, 3.63) is 17.7 Å². The molecule has 5 heteroatoms. The summed E-state index contributed by atoms with van der Waals surface area (Å²) in [6.45, 7) is 4.41. The summed E-state index contributed by atoms with van der Waals surface area (Å²) in [4.78, 5) is 19.2. The van der Waals surface area contributed by atoms with Gasteiger partial charge in [-0.2, -0.15) is 0 Å². The quantitative estimate of drug-likeness (QED) is 0.230. The highest BCUT2D eigenvalue weighted by atomic mass is 16.6. The van der Waals surface area contributed by atoms with Gasteiger partial charge in [-0.15, -0.1) is 0 Å². The van der Waals surface area contributed by atoms with Gasteiger partial charge < -0.3 is 14.5 Å². The van der Waals surface area contributed by atoms with E-state index in [1.165, 1.54) is 70.6 Å². The molecular formula is C23H42N2O3. The first kappa shape index (κ1) is 24.7. The van der Waals surface area contributed by atoms with Crippen LogP contribution in [0.2, 0.25) is 0 Å². The number of nitrogens with zero attached hydrogens (tertiary/aromatic N) is 1. The average Bonchev–Trinajstić information content (AvgIpc) is 3.12. The lowest BCUT2D eigenvalue weighted by Crippen LogP contribution is -2.15. The summed E-state index contributed by atoms with van der Waals surface area (Å²) >= 11 is 0. The third kappa shape index (κ3) is 12.2. The molecule has 0 spiro atoms. The third-order valence-corrected chi connectivity index (χ3v) is 5.19. The SMILES string of the molecule is CCCCCCCCCCCCCCCC(=O)OCC(OC)c1ncc(C)[nH]1. The second-order valence-corrected chi connectivity index (χ2v) is 7.85. The Morgan fingerprint density at radius 3 is 1.96 bits per heavy atom. The Kier molecular flexibility index (Phi) is 14.6. The zero-order chi connectivity index (χ0) is 20.5. The fraction of sp³-hybridized carbons (Fsp3) is 0.826. The number of aryl methyl sites for hydroxylation is 1. The molecule has 0 amide bonds. The molecule has 1 heterocycles. The number of carbonyl (C=O) groups is 1. The highest BCUT2D eigenvalue weighted by Gasteiger charge is 2.16. The number of nitrogens with one attached hydrogen (secondary N) is 1. The maximum atomic E-state index is 11.9. The molecule has 1 aromatic rings. The minimum absolute atomic E-state index is 0.145. The van der Waals surface area contributed by atoms with E-state index in [-0.39, 0.29) is 18.7 Å². The maximum absolute atomic E-state index is 11.9. The van der Waals surface area contributed by atoms with E-state index in [4.69, 9.17) is 9.47 Å². The summed E-state index contributed by atoms with van der Waals surface area (Å²) in [6.07, 6.45) is 18.9. The van der Waals surface area contributed by atoms with E-state index in [0.29, 0.717) is 12.2 Å². The Morgan fingerprint density at radius 1 is 0.964 bits per heavy atom. The summed E-state index contributed by atoms with van der Waals surface area (Å²) in [5.74, 6) is 0.558. The molecule has 1 rings (SSSR count). The zero-order valence-corrected chi connectivity index (χ0v) is 18.4. The molecule has 1 N–H and O–H groups in total. The first-order valence-corrected chi connectivity index (χ1v) is 11.4. The van der Waals surface area contributed by atoms with Crippen LogP contribution in [-0.2, 0) is 14.3 Å². The van der Waals surface area contributed by atoms with E-state index in [9.17, 15) is 4.79 Å². The normalized spacial score (nSPS) is 12.2. The van der Waals surface area contributed by atoms with Gasteiger partial charge in [0.2, 0.25) is 0 Å². The van der Waals surface area contributed by atoms with Gasteiger partial charge in [0, 0.05) is 25.4 Å². The second-order valence-electron chi connectivity index (χ2n) is 7.85. The molecule has 0 aliphatic heterocycles. The van der Waals surface area contributed by atoms with Crippen LogP contribution in [0.5, 0.6) is 0 Å². The van der Waals surface area contributed by atoms with Crippen molar-refractivity contribution >= 4 is 5.97 Å². The van der Waals surface area contributed by atoms with Gasteiger partial charge in [-0.05, 0) is 13.3 Å². The molecule has 1 aromatic heterocycles. The number of unbranched alkanes of at least 4 members (excludes halogenated alkanes) is 12. The molecule has 162 valence electrons. The summed E-state index contributed by atoms with van der Waals surface area (Å²) in [7, 11) is 1.60. The number of rotatable bonds is 18. The molecule has 0 radical (unpaired) electrons. The molecule has 0 saturated heterocycles. The number of carbonyl (C=O) groups excluding carboxylic acids is 1. The topological polar surface area (TPSA) is 64.2 Å². The van der Waals surface area contributed by atoms with Crippen LogP contribution in [0.25, 0.3) is 0 Å². The van der Waals surface area contributed by atoms with Gasteiger partial charge in [0.15, 0.2) is 0 Å². The molecule has 0 bridgehead atoms. The van der Waals surface area contributed by atoms with Crippen molar-refractivity contribution in [3.8, 4) is 0 Å². The number of hydrogen-bond acceptors (Lipinski definition) is 4. The van der Waals surface area contributed by atoms with E-state index in [0.717, 1.165) is 18.5 Å². The van der Waals surface area contributed by atoms with Crippen LogP contribution < -0.4 is 0 Å². The van der Waals surface area contributed by atoms with Crippen molar-refractivity contribution < 1.29 is 14.3 Å². The van der Waals surface area contributed by atoms with Gasteiger partial charge in [0.05, 0.1) is 0 Å². The Balaban J connectivity index is 1.91. The van der Waals surface area contributed by atoms with Crippen LogP contribution in [0.15, 0.2) is 6.20 Å². The van der Waals surface area contributed by atoms with E-state index in [2.05, 4.69) is 16.9 Å². The molecule has 0 fully saturated rings. The lowest BCUT2D eigenvalue weighted by molar-refractivity contribution is -0.147. The fourth-order valence-corrected chi connectivity index (χ4v) is 3.38. The Hall–Kier alpha value is -1.36. The molecule has 0 aliphatic carbocycles. The monoisotopic (exact) mass is 394 g/mol. The zero-order valence-electron chi connectivity index (χ0n) is 18.4. The summed E-state index contributed by atoms with van der Waals surface area (Å²) in [6, 6.07) is 0. The van der Waals surface area contributed by atoms with Crippen molar-refractivity contribution in [2.24, 2.45) is 0 Å². The highest BCUT2D eigenvalue weighted by Crippen LogP contribution is 2.15. The van der Waals surface area contributed by atoms with Crippen LogP contribution in [0, 0.1) is 6.92 Å². The lowest BCUT2D eigenvalue weighted by Gasteiger charge is -2.13. The summed E-state index contributed by atoms with van der Waals surface area (Å²) in [5, 5.41) is 0. The second kappa shape index (κ2) is 16.6. The molecular weight excluding hydrogens is 352 g/mol. The van der Waals surface area contributed by atoms with E-state index < -0.39 is 0 Å². The van der Waals surface area contributed by atoms with Gasteiger partial charge in [-0.25, -0.2) is 4.98 Å². The Labute approximate surface area is 172 Å². The first-order chi connectivity index (χ1) is 13.7. The Bertz CT molecular complexity index is 502. The number of esters is 1. The fourth-order valence-electron chi connectivity index (χ4n) is 3.38. The number of H-pyrrole nitrogens is 1. The van der Waals surface area contributed by atoms with Crippen LogP contribution in [0.3, 0.4) is 0 Å². The van der Waals surface area contributed by atoms with Crippen molar-refractivity contribution in [2.45, 2.75) is 110 Å². The van der Waals surface area contributed by atoms with Gasteiger partial charge >= 0.3 is 5.97 Å². The van der Waals surface area contributed by atoms with Crippen LogP contribution >= 0.6 is 0 Å². The molecule has 0 saturated carbocycles. The van der Waals surface area contributed by atoms with Crippen molar-refractivity contribution in [1.29, 1.82) is 0 Å². The van der Waals surface area contributed by atoms with E-state index in [1.54, 1.807) is 13.3 Å². The number of aromatic nitrogens is 2. The molecule has 1 unspecified atom stereocenters. The number of hydrogen-bond donors (Lipinski definition) is 1. The first-order valence-electron chi connectivity index (χ1n) is 11.4. The lowest BCUT2D eigenvalue weighted by atomic mass is 10.0. The molecule has 28 heavy (non-hydrogen) atoms. The van der Waals surface area contributed by atoms with E-state index in [1.807, 2.05) is 6.92 Å². The predicted octanol–water partition coefficient (Wildman–Crippen LogP) is 6.43. The standard InChI is InChI=1S/C23H42N2O3/c1-4-5-6-7-8-9-10-11-12-13-14-15-16-17-22(26)28-19-21(27-3)23-24-18-20(2)25-23/h18,21H,4-17,19H2,1-3H3,(H,24,25). The summed E-state index contributed by atoms with van der Waals surface area (Å²) in [5.41, 5.74) is 0.968. The molecule has 0 aliphatic rings. The van der Waals surface area contributed by atoms with Gasteiger partial charge in [0.1, 0.15) is 18.5 Å². The molecule has 1 atom stereocenters. The number of imidazole rings is 1. The molecule has 0 aromatic carbocycles. The van der Waals surface area contributed by atoms with Gasteiger partial charge in [-0.3, -0.25) is 4.79 Å². The van der Waals surface area contributed by atoms with Crippen molar-refractivity contribution in [1.82, 2.24) is 9.97 Å². The van der Waals surface area contributed by atoms with Crippen LogP contribution in [0.4, 0.5) is 0 Å². The van der Waals surface area contributed by atoms with E-state index >= 15 is 0 Å². The minimum Gasteiger partial charge on any atom is -0.462 e. The van der Waals surface area contributed by atoms with Crippen LogP contribution in [0.1, 0.15) is 114 Å². The summed E-state index contributed by atoms with van der Waals surface area (Å²) < 4.78 is 10.7. The highest BCUT2D eigenvalue weighted by molar-refractivity contribution is 5.69. The van der Waals surface area contributed by atoms with Gasteiger partial charge in [-0.1, -0.05) is 84.0 Å². The predicted molar refractivity (Wildman–Crippen MR) is 114 cm³/mol. The van der Waals surface area contributed by atoms with Crippen LogP contribution in [-0.4, -0.2) is 29.7 Å².